The molecule has 0 fully saturated rings. The molecule has 0 spiro atoms. The molecule has 102 valence electrons. The van der Waals surface area contributed by atoms with Crippen molar-refractivity contribution in [1.82, 2.24) is 10.3 Å². The molecule has 0 aliphatic carbocycles. The van der Waals surface area contributed by atoms with E-state index in [2.05, 4.69) is 24.1 Å². The monoisotopic (exact) mass is 260 g/mol. The molecular formula is C15H20N2O2. The van der Waals surface area contributed by atoms with Crippen LogP contribution in [-0.2, 0) is 11.3 Å². The zero-order valence-electron chi connectivity index (χ0n) is 11.6. The molecular weight excluding hydrogens is 240 g/mol. The van der Waals surface area contributed by atoms with Gasteiger partial charge in [0.15, 0.2) is 5.76 Å². The van der Waals surface area contributed by atoms with E-state index in [4.69, 9.17) is 9.15 Å². The Morgan fingerprint density at radius 3 is 2.63 bits per heavy atom. The number of nitrogens with zero attached hydrogens (tertiary/aromatic N) is 1. The summed E-state index contributed by atoms with van der Waals surface area (Å²) in [5.41, 5.74) is 1.06. The molecule has 1 N–H and O–H groups in total. The van der Waals surface area contributed by atoms with Gasteiger partial charge in [-0.2, -0.15) is 0 Å². The Balaban J connectivity index is 2.12. The van der Waals surface area contributed by atoms with Crippen molar-refractivity contribution in [3.05, 3.63) is 53.7 Å². The van der Waals surface area contributed by atoms with Crippen molar-refractivity contribution >= 4 is 0 Å². The Hall–Kier alpha value is -1.65. The van der Waals surface area contributed by atoms with Gasteiger partial charge in [-0.15, -0.1) is 0 Å². The van der Waals surface area contributed by atoms with Crippen LogP contribution >= 0.6 is 0 Å². The van der Waals surface area contributed by atoms with E-state index < -0.39 is 0 Å². The van der Waals surface area contributed by atoms with Gasteiger partial charge >= 0.3 is 0 Å². The van der Waals surface area contributed by atoms with Crippen LogP contribution in [0.5, 0.6) is 0 Å². The van der Waals surface area contributed by atoms with Gasteiger partial charge < -0.3 is 14.5 Å². The van der Waals surface area contributed by atoms with Gasteiger partial charge in [-0.25, -0.2) is 4.98 Å². The molecule has 19 heavy (non-hydrogen) atoms. The molecule has 0 radical (unpaired) electrons. The summed E-state index contributed by atoms with van der Waals surface area (Å²) in [7, 11) is 1.67. The highest BCUT2D eigenvalue weighted by atomic mass is 16.5. The van der Waals surface area contributed by atoms with E-state index in [9.17, 15) is 0 Å². The van der Waals surface area contributed by atoms with Gasteiger partial charge in [-0.3, -0.25) is 0 Å². The second-order valence-corrected chi connectivity index (χ2v) is 4.72. The zero-order chi connectivity index (χ0) is 13.7. The Labute approximate surface area is 113 Å². The van der Waals surface area contributed by atoms with Gasteiger partial charge in [0.25, 0.3) is 0 Å². The molecule has 0 amide bonds. The van der Waals surface area contributed by atoms with Crippen LogP contribution in [0.15, 0.2) is 40.9 Å². The van der Waals surface area contributed by atoms with E-state index >= 15 is 0 Å². The number of nitrogens with one attached hydrogen (secondary N) is 1. The fourth-order valence-corrected chi connectivity index (χ4v) is 1.86. The summed E-state index contributed by atoms with van der Waals surface area (Å²) >= 11 is 0. The Morgan fingerprint density at radius 2 is 2.00 bits per heavy atom. The molecule has 0 aliphatic rings. The zero-order valence-corrected chi connectivity index (χ0v) is 11.6. The topological polar surface area (TPSA) is 47.3 Å². The molecule has 0 saturated heterocycles. The minimum Gasteiger partial charge on any atom is -0.441 e. The Bertz CT molecular complexity index is 494. The average molecular weight is 260 g/mol. The highest BCUT2D eigenvalue weighted by Crippen LogP contribution is 2.25. The first-order valence-electron chi connectivity index (χ1n) is 6.46. The van der Waals surface area contributed by atoms with Crippen LogP contribution in [-0.4, -0.2) is 18.1 Å². The molecule has 1 aromatic carbocycles. The predicted octanol–water partition coefficient (Wildman–Crippen LogP) is 2.91. The molecule has 2 aromatic rings. The molecule has 0 saturated carbocycles. The lowest BCUT2D eigenvalue weighted by Gasteiger charge is -2.12. The van der Waals surface area contributed by atoms with Gasteiger partial charge in [0.2, 0.25) is 5.89 Å². The minimum atomic E-state index is -0.207. The maximum Gasteiger partial charge on any atom is 0.208 e. The van der Waals surface area contributed by atoms with Crippen molar-refractivity contribution in [3.63, 3.8) is 0 Å². The molecule has 4 nitrogen and oxygen atoms in total. The van der Waals surface area contributed by atoms with E-state index in [0.29, 0.717) is 18.5 Å². The van der Waals surface area contributed by atoms with Crippen LogP contribution in [0.4, 0.5) is 0 Å². The lowest BCUT2D eigenvalue weighted by molar-refractivity contribution is 0.115. The van der Waals surface area contributed by atoms with Crippen LogP contribution in [0.25, 0.3) is 0 Å². The average Bonchev–Trinajstić information content (AvgIpc) is 2.87. The summed E-state index contributed by atoms with van der Waals surface area (Å²) in [6.45, 7) is 4.81. The van der Waals surface area contributed by atoms with Crippen molar-refractivity contribution in [1.29, 1.82) is 0 Å². The predicted molar refractivity (Wildman–Crippen MR) is 73.8 cm³/mol. The van der Waals surface area contributed by atoms with Crippen molar-refractivity contribution in [3.8, 4) is 0 Å². The van der Waals surface area contributed by atoms with Crippen LogP contribution in [0.2, 0.25) is 0 Å². The van der Waals surface area contributed by atoms with Gasteiger partial charge in [0, 0.05) is 13.2 Å². The molecule has 1 atom stereocenters. The number of oxazole rings is 1. The molecule has 4 heteroatoms. The van der Waals surface area contributed by atoms with Gasteiger partial charge in [-0.1, -0.05) is 44.2 Å². The molecule has 0 aliphatic heterocycles. The summed E-state index contributed by atoms with van der Waals surface area (Å²) in [6.07, 6.45) is 1.53. The lowest BCUT2D eigenvalue weighted by Crippen LogP contribution is -2.21. The van der Waals surface area contributed by atoms with Crippen molar-refractivity contribution in [2.75, 3.05) is 7.11 Å². The minimum absolute atomic E-state index is 0.207. The first kappa shape index (κ1) is 13.8. The summed E-state index contributed by atoms with van der Waals surface area (Å²) in [4.78, 5) is 4.27. The fourth-order valence-electron chi connectivity index (χ4n) is 1.86. The Kier molecular flexibility index (Phi) is 4.71. The first-order chi connectivity index (χ1) is 9.20. The number of ether oxygens (including phenoxy) is 1. The summed E-state index contributed by atoms with van der Waals surface area (Å²) in [5.74, 6) is 1.41. The Morgan fingerprint density at radius 1 is 1.26 bits per heavy atom. The number of methoxy groups -OCH3 is 1. The molecule has 1 heterocycles. The smallest absolute Gasteiger partial charge is 0.208 e. The van der Waals surface area contributed by atoms with Gasteiger partial charge in [-0.05, 0) is 5.56 Å². The number of rotatable bonds is 6. The van der Waals surface area contributed by atoms with E-state index in [1.165, 1.54) is 0 Å². The number of aromatic nitrogens is 1. The summed E-state index contributed by atoms with van der Waals surface area (Å²) < 4.78 is 11.3. The second kappa shape index (κ2) is 6.50. The summed E-state index contributed by atoms with van der Waals surface area (Å²) in [6, 6.07) is 10.4. The maximum atomic E-state index is 5.74. The van der Waals surface area contributed by atoms with E-state index in [-0.39, 0.29) is 6.10 Å². The van der Waals surface area contributed by atoms with E-state index in [0.717, 1.165) is 11.3 Å². The van der Waals surface area contributed by atoms with Crippen LogP contribution < -0.4 is 5.32 Å². The molecule has 1 aromatic heterocycles. The number of hydrogen-bond acceptors (Lipinski definition) is 4. The normalized spacial score (nSPS) is 12.8. The van der Waals surface area contributed by atoms with E-state index in [1.807, 2.05) is 30.3 Å². The van der Waals surface area contributed by atoms with E-state index in [1.54, 1.807) is 13.3 Å². The third kappa shape index (κ3) is 3.66. The first-order valence-corrected chi connectivity index (χ1v) is 6.46. The van der Waals surface area contributed by atoms with Crippen molar-refractivity contribution < 1.29 is 9.15 Å². The highest BCUT2D eigenvalue weighted by Gasteiger charge is 2.18. The highest BCUT2D eigenvalue weighted by molar-refractivity contribution is 5.23. The van der Waals surface area contributed by atoms with Crippen molar-refractivity contribution in [2.45, 2.75) is 32.5 Å². The van der Waals surface area contributed by atoms with Crippen LogP contribution in [0.3, 0.4) is 0 Å². The molecule has 2 rings (SSSR count). The van der Waals surface area contributed by atoms with Gasteiger partial charge in [0.1, 0.15) is 6.10 Å². The van der Waals surface area contributed by atoms with Crippen molar-refractivity contribution in [2.24, 2.45) is 0 Å². The summed E-state index contributed by atoms with van der Waals surface area (Å²) in [5, 5.41) is 3.27. The second-order valence-electron chi connectivity index (χ2n) is 4.72. The third-order valence-electron chi connectivity index (χ3n) is 2.83. The lowest BCUT2D eigenvalue weighted by atomic mass is 10.1. The SMILES string of the molecule is COC(c1ccccc1)c1cnc(CNC(C)C)o1. The standard InChI is InChI=1S/C15H20N2O2/c1-11(2)16-10-14-17-9-13(19-14)15(18-3)12-7-5-4-6-8-12/h4-9,11,15-16H,10H2,1-3H3. The number of hydrogen-bond donors (Lipinski definition) is 1. The molecule has 0 bridgehead atoms. The third-order valence-corrected chi connectivity index (χ3v) is 2.83. The largest absolute Gasteiger partial charge is 0.441 e. The quantitative estimate of drug-likeness (QED) is 0.867. The maximum absolute atomic E-state index is 5.74. The molecule has 1 unspecified atom stereocenters. The fraction of sp³-hybridized carbons (Fsp3) is 0.400. The van der Waals surface area contributed by atoms with Crippen LogP contribution in [0, 0.1) is 0 Å². The number of benzene rings is 1. The van der Waals surface area contributed by atoms with Crippen LogP contribution in [0.1, 0.15) is 37.2 Å². The van der Waals surface area contributed by atoms with Gasteiger partial charge in [0.05, 0.1) is 12.7 Å².